The van der Waals surface area contributed by atoms with Crippen molar-refractivity contribution in [3.8, 4) is 0 Å². The van der Waals surface area contributed by atoms with Crippen LogP contribution in [0.5, 0.6) is 0 Å². The summed E-state index contributed by atoms with van der Waals surface area (Å²) in [6, 6.07) is 0. The third-order valence-corrected chi connectivity index (χ3v) is 2.11. The molecule has 0 fully saturated rings. The first kappa shape index (κ1) is 12.4. The summed E-state index contributed by atoms with van der Waals surface area (Å²) in [6.45, 7) is 0. The maximum Gasteiger partial charge on any atom is 0.418 e. The average Bonchev–Trinajstić information content (AvgIpc) is 2.05. The molecule has 84 valence electrons. The molecule has 0 amide bonds. The lowest BCUT2D eigenvalue weighted by molar-refractivity contribution is -0.139. The van der Waals surface area contributed by atoms with Crippen molar-refractivity contribution in [2.45, 2.75) is 12.6 Å². The van der Waals surface area contributed by atoms with Gasteiger partial charge in [0.1, 0.15) is 5.15 Å². The van der Waals surface area contributed by atoms with Gasteiger partial charge in [0, 0.05) is 6.20 Å². The molecule has 0 atom stereocenters. The lowest BCUT2D eigenvalue weighted by atomic mass is 10.1. The van der Waals surface area contributed by atoms with Crippen molar-refractivity contribution in [1.82, 2.24) is 4.98 Å². The van der Waals surface area contributed by atoms with Crippen LogP contribution >= 0.6 is 23.2 Å². The lowest BCUT2D eigenvalue weighted by Gasteiger charge is -2.14. The minimum atomic E-state index is -4.99. The molecule has 0 saturated carbocycles. The van der Waals surface area contributed by atoms with Crippen LogP contribution in [0.3, 0.4) is 0 Å². The molecule has 0 radical (unpaired) electrons. The van der Waals surface area contributed by atoms with Gasteiger partial charge in [-0.3, -0.25) is 0 Å². The van der Waals surface area contributed by atoms with Crippen LogP contribution in [-0.4, -0.2) is 4.98 Å². The predicted molar refractivity (Wildman–Crippen MR) is 44.2 cm³/mol. The molecule has 1 heterocycles. The van der Waals surface area contributed by atoms with E-state index in [9.17, 15) is 22.0 Å². The summed E-state index contributed by atoms with van der Waals surface area (Å²) >= 11 is 10.3. The predicted octanol–water partition coefficient (Wildman–Crippen LogP) is 4.34. The number of alkyl halides is 5. The summed E-state index contributed by atoms with van der Waals surface area (Å²) in [4.78, 5) is 3.13. The van der Waals surface area contributed by atoms with Crippen LogP contribution in [0.15, 0.2) is 6.20 Å². The van der Waals surface area contributed by atoms with Gasteiger partial charge in [0.05, 0.1) is 16.1 Å². The highest BCUT2D eigenvalue weighted by molar-refractivity contribution is 6.33. The van der Waals surface area contributed by atoms with Gasteiger partial charge in [0.2, 0.25) is 0 Å². The highest BCUT2D eigenvalue weighted by Gasteiger charge is 2.39. The smallest absolute Gasteiger partial charge is 0.242 e. The minimum absolute atomic E-state index is 0.582. The Balaban J connectivity index is 3.53. The third-order valence-electron chi connectivity index (χ3n) is 1.52. The number of hydrogen-bond donors (Lipinski definition) is 0. The quantitative estimate of drug-likeness (QED) is 0.544. The van der Waals surface area contributed by atoms with Gasteiger partial charge in [-0.05, 0) is 0 Å². The van der Waals surface area contributed by atoms with E-state index >= 15 is 0 Å². The normalized spacial score (nSPS) is 12.3. The molecule has 0 aromatic carbocycles. The van der Waals surface area contributed by atoms with Crippen molar-refractivity contribution >= 4 is 23.2 Å². The summed E-state index contributed by atoms with van der Waals surface area (Å²) in [7, 11) is 0. The first-order valence-electron chi connectivity index (χ1n) is 3.44. The van der Waals surface area contributed by atoms with Gasteiger partial charge in [0.25, 0.3) is 6.43 Å². The molecule has 0 saturated heterocycles. The second kappa shape index (κ2) is 4.09. The topological polar surface area (TPSA) is 12.9 Å². The summed E-state index contributed by atoms with van der Waals surface area (Å²) in [6.07, 6.45) is -7.80. The van der Waals surface area contributed by atoms with Crippen LogP contribution in [0.25, 0.3) is 0 Å². The van der Waals surface area contributed by atoms with Crippen LogP contribution in [0, 0.1) is 0 Å². The van der Waals surface area contributed by atoms with Crippen molar-refractivity contribution in [3.05, 3.63) is 27.5 Å². The van der Waals surface area contributed by atoms with Gasteiger partial charge in [-0.1, -0.05) is 23.2 Å². The van der Waals surface area contributed by atoms with E-state index < -0.39 is 33.9 Å². The van der Waals surface area contributed by atoms with Crippen molar-refractivity contribution < 1.29 is 22.0 Å². The fourth-order valence-electron chi connectivity index (χ4n) is 0.966. The number of pyridine rings is 1. The molecule has 15 heavy (non-hydrogen) atoms. The number of halogens is 7. The van der Waals surface area contributed by atoms with E-state index in [1.165, 1.54) is 0 Å². The molecule has 8 heteroatoms. The van der Waals surface area contributed by atoms with Crippen LogP contribution in [0.1, 0.15) is 17.6 Å². The van der Waals surface area contributed by atoms with E-state index in [0.717, 1.165) is 0 Å². The molecule has 1 aromatic rings. The zero-order chi connectivity index (χ0) is 11.8. The Labute approximate surface area is 90.8 Å². The van der Waals surface area contributed by atoms with Gasteiger partial charge in [-0.2, -0.15) is 13.2 Å². The maximum absolute atomic E-state index is 12.3. The van der Waals surface area contributed by atoms with Gasteiger partial charge < -0.3 is 0 Å². The molecule has 0 N–H and O–H groups in total. The summed E-state index contributed by atoms with van der Waals surface area (Å²) < 4.78 is 61.7. The molecule has 0 aliphatic heterocycles. The van der Waals surface area contributed by atoms with Crippen molar-refractivity contribution in [2.75, 3.05) is 0 Å². The first-order chi connectivity index (χ1) is 6.75. The molecule has 0 aliphatic carbocycles. The third kappa shape index (κ3) is 2.49. The Morgan fingerprint density at radius 1 is 1.20 bits per heavy atom. The second-order valence-electron chi connectivity index (χ2n) is 2.48. The Morgan fingerprint density at radius 2 is 1.73 bits per heavy atom. The number of nitrogens with zero attached hydrogens (tertiary/aromatic N) is 1. The maximum atomic E-state index is 12.3. The van der Waals surface area contributed by atoms with E-state index in [0.29, 0.717) is 6.20 Å². The highest BCUT2D eigenvalue weighted by atomic mass is 35.5. The van der Waals surface area contributed by atoms with Gasteiger partial charge in [-0.25, -0.2) is 13.8 Å². The Bertz CT molecular complexity index is 376. The Hall–Kier alpha value is -0.620. The lowest BCUT2D eigenvalue weighted by Crippen LogP contribution is -2.12. The zero-order valence-electron chi connectivity index (χ0n) is 6.75. The minimum Gasteiger partial charge on any atom is -0.242 e. The van der Waals surface area contributed by atoms with Gasteiger partial charge in [0.15, 0.2) is 0 Å². The standard InChI is InChI=1S/C7H2Cl2F5N/c8-2-1-15-5(9)3(6(10)11)4(2)7(12,13)14/h1,6H. The second-order valence-corrected chi connectivity index (χ2v) is 3.25. The highest BCUT2D eigenvalue weighted by Crippen LogP contribution is 2.42. The monoisotopic (exact) mass is 265 g/mol. The molecule has 0 bridgehead atoms. The summed E-state index contributed by atoms with van der Waals surface area (Å²) in [5.74, 6) is 0. The summed E-state index contributed by atoms with van der Waals surface area (Å²) in [5, 5.41) is -1.80. The van der Waals surface area contributed by atoms with E-state index in [1.54, 1.807) is 0 Å². The van der Waals surface area contributed by atoms with Crippen molar-refractivity contribution in [1.29, 1.82) is 0 Å². The van der Waals surface area contributed by atoms with Crippen LogP contribution in [-0.2, 0) is 6.18 Å². The molecule has 0 aliphatic rings. The Kier molecular flexibility index (Phi) is 3.40. The Morgan fingerprint density at radius 3 is 2.07 bits per heavy atom. The van der Waals surface area contributed by atoms with Crippen LogP contribution in [0.2, 0.25) is 10.2 Å². The zero-order valence-corrected chi connectivity index (χ0v) is 8.26. The van der Waals surface area contributed by atoms with Crippen molar-refractivity contribution in [3.63, 3.8) is 0 Å². The van der Waals surface area contributed by atoms with Gasteiger partial charge >= 0.3 is 6.18 Å². The van der Waals surface area contributed by atoms with Crippen molar-refractivity contribution in [2.24, 2.45) is 0 Å². The summed E-state index contributed by atoms with van der Waals surface area (Å²) in [5.41, 5.74) is -3.03. The van der Waals surface area contributed by atoms with E-state index in [4.69, 9.17) is 23.2 Å². The molecular formula is C7H2Cl2F5N. The molecule has 1 nitrogen and oxygen atoms in total. The molecule has 0 unspecified atom stereocenters. The largest absolute Gasteiger partial charge is 0.418 e. The van der Waals surface area contributed by atoms with E-state index in [2.05, 4.69) is 4.98 Å². The average molecular weight is 266 g/mol. The fraction of sp³-hybridized carbons (Fsp3) is 0.286. The number of rotatable bonds is 1. The molecule has 1 aromatic heterocycles. The van der Waals surface area contributed by atoms with Gasteiger partial charge in [-0.15, -0.1) is 0 Å². The van der Waals surface area contributed by atoms with Crippen LogP contribution in [0.4, 0.5) is 22.0 Å². The molecule has 0 spiro atoms. The SMILES string of the molecule is FC(F)c1c(Cl)ncc(Cl)c1C(F)(F)F. The van der Waals surface area contributed by atoms with E-state index in [1.807, 2.05) is 0 Å². The number of hydrogen-bond acceptors (Lipinski definition) is 1. The number of aromatic nitrogens is 1. The fourth-order valence-corrected chi connectivity index (χ4v) is 1.45. The van der Waals surface area contributed by atoms with E-state index in [-0.39, 0.29) is 0 Å². The van der Waals surface area contributed by atoms with Crippen LogP contribution < -0.4 is 0 Å². The molecule has 1 rings (SSSR count). The molecular weight excluding hydrogens is 264 g/mol. The first-order valence-corrected chi connectivity index (χ1v) is 4.20.